The normalized spacial score (nSPS) is 22.2. The fourth-order valence-corrected chi connectivity index (χ4v) is 1.71. The molecule has 3 N–H and O–H groups in total. The molecule has 0 bridgehead atoms. The first kappa shape index (κ1) is 9.77. The number of nitrogens with one attached hydrogen (secondary N) is 1. The molecule has 0 spiro atoms. The lowest BCUT2D eigenvalue weighted by Gasteiger charge is -2.24. The molecule has 0 saturated carbocycles. The first-order chi connectivity index (χ1) is 6.77. The van der Waals surface area contributed by atoms with Crippen molar-refractivity contribution in [1.29, 1.82) is 0 Å². The summed E-state index contributed by atoms with van der Waals surface area (Å²) < 4.78 is 5.60. The number of benzene rings is 1. The average Bonchev–Trinajstić information content (AvgIpc) is 2.23. The first-order valence-electron chi connectivity index (χ1n) is 4.64. The van der Waals surface area contributed by atoms with Crippen LogP contribution < -0.4 is 11.1 Å². The van der Waals surface area contributed by atoms with Crippen LogP contribution in [-0.2, 0) is 4.74 Å². The fraction of sp³-hybridized carbons (Fsp3) is 0.400. The van der Waals surface area contributed by atoms with E-state index in [1.165, 1.54) is 0 Å². The van der Waals surface area contributed by atoms with E-state index in [1.807, 2.05) is 18.2 Å². The number of ether oxygens (including phenoxy) is 1. The van der Waals surface area contributed by atoms with Crippen molar-refractivity contribution in [2.45, 2.75) is 6.10 Å². The standard InChI is InChI=1S/C10H13ClN2O/c11-8-5-7(1-2-9(8)12)10-6-13-3-4-14-10/h1-2,5,10,13H,3-4,6,12H2/t10-/m0/s1. The highest BCUT2D eigenvalue weighted by Crippen LogP contribution is 2.25. The quantitative estimate of drug-likeness (QED) is 0.695. The predicted octanol–water partition coefficient (Wildman–Crippen LogP) is 1.58. The van der Waals surface area contributed by atoms with Crippen LogP contribution >= 0.6 is 11.6 Å². The molecule has 0 aromatic heterocycles. The van der Waals surface area contributed by atoms with Gasteiger partial charge in [0.2, 0.25) is 0 Å². The summed E-state index contributed by atoms with van der Waals surface area (Å²) in [6.45, 7) is 2.49. The van der Waals surface area contributed by atoms with Crippen LogP contribution in [0.15, 0.2) is 18.2 Å². The molecule has 76 valence electrons. The SMILES string of the molecule is Nc1ccc([C@@H]2CNCCO2)cc1Cl. The molecule has 1 fully saturated rings. The lowest BCUT2D eigenvalue weighted by molar-refractivity contribution is 0.0277. The van der Waals surface area contributed by atoms with Crippen molar-refractivity contribution in [1.82, 2.24) is 5.32 Å². The van der Waals surface area contributed by atoms with Gasteiger partial charge in [-0.15, -0.1) is 0 Å². The average molecular weight is 213 g/mol. The number of hydrogen-bond donors (Lipinski definition) is 2. The second-order valence-corrected chi connectivity index (χ2v) is 3.75. The van der Waals surface area contributed by atoms with Crippen LogP contribution in [0, 0.1) is 0 Å². The number of nitrogen functional groups attached to an aromatic ring is 1. The van der Waals surface area contributed by atoms with Crippen molar-refractivity contribution in [3.8, 4) is 0 Å². The van der Waals surface area contributed by atoms with Crippen LogP contribution in [0.1, 0.15) is 11.7 Å². The van der Waals surface area contributed by atoms with E-state index < -0.39 is 0 Å². The molecule has 1 saturated heterocycles. The molecule has 0 unspecified atom stereocenters. The summed E-state index contributed by atoms with van der Waals surface area (Å²) in [5, 5.41) is 3.86. The van der Waals surface area contributed by atoms with Crippen molar-refractivity contribution in [3.05, 3.63) is 28.8 Å². The summed E-state index contributed by atoms with van der Waals surface area (Å²) >= 11 is 5.93. The number of nitrogens with two attached hydrogens (primary N) is 1. The molecule has 4 heteroatoms. The molecule has 1 aliphatic rings. The third-order valence-corrected chi connectivity index (χ3v) is 2.65. The van der Waals surface area contributed by atoms with Crippen LogP contribution in [0.3, 0.4) is 0 Å². The van der Waals surface area contributed by atoms with Gasteiger partial charge in [0.1, 0.15) is 0 Å². The Hall–Kier alpha value is -0.770. The summed E-state index contributed by atoms with van der Waals surface area (Å²) in [7, 11) is 0. The minimum absolute atomic E-state index is 0.0989. The Morgan fingerprint density at radius 3 is 3.00 bits per heavy atom. The van der Waals surface area contributed by atoms with E-state index >= 15 is 0 Å². The number of halogens is 1. The van der Waals surface area contributed by atoms with Crippen LogP contribution in [0.5, 0.6) is 0 Å². The molecule has 1 aliphatic heterocycles. The molecule has 0 radical (unpaired) electrons. The Morgan fingerprint density at radius 2 is 2.36 bits per heavy atom. The van der Waals surface area contributed by atoms with Gasteiger partial charge in [0.25, 0.3) is 0 Å². The van der Waals surface area contributed by atoms with Gasteiger partial charge in [0.15, 0.2) is 0 Å². The second-order valence-electron chi connectivity index (χ2n) is 3.34. The van der Waals surface area contributed by atoms with Crippen LogP contribution in [0.25, 0.3) is 0 Å². The van der Waals surface area contributed by atoms with Crippen molar-refractivity contribution in [3.63, 3.8) is 0 Å². The monoisotopic (exact) mass is 212 g/mol. The minimum Gasteiger partial charge on any atom is -0.398 e. The van der Waals surface area contributed by atoms with Gasteiger partial charge in [0, 0.05) is 13.1 Å². The summed E-state index contributed by atoms with van der Waals surface area (Å²) in [6, 6.07) is 5.64. The fourth-order valence-electron chi connectivity index (χ4n) is 1.52. The second kappa shape index (κ2) is 4.17. The zero-order valence-corrected chi connectivity index (χ0v) is 8.55. The summed E-state index contributed by atoms with van der Waals surface area (Å²) in [4.78, 5) is 0. The molecular weight excluding hydrogens is 200 g/mol. The zero-order valence-electron chi connectivity index (χ0n) is 7.79. The van der Waals surface area contributed by atoms with Crippen molar-refractivity contribution < 1.29 is 4.74 Å². The molecule has 3 nitrogen and oxygen atoms in total. The summed E-state index contributed by atoms with van der Waals surface area (Å²) in [5.41, 5.74) is 7.32. The minimum atomic E-state index is 0.0989. The van der Waals surface area contributed by atoms with Gasteiger partial charge in [0.05, 0.1) is 23.4 Å². The van der Waals surface area contributed by atoms with Gasteiger partial charge in [-0.3, -0.25) is 0 Å². The van der Waals surface area contributed by atoms with E-state index in [0.717, 1.165) is 25.3 Å². The van der Waals surface area contributed by atoms with E-state index in [1.54, 1.807) is 0 Å². The lowest BCUT2D eigenvalue weighted by Crippen LogP contribution is -2.33. The van der Waals surface area contributed by atoms with Gasteiger partial charge in [-0.1, -0.05) is 17.7 Å². The van der Waals surface area contributed by atoms with E-state index in [4.69, 9.17) is 22.1 Å². The van der Waals surface area contributed by atoms with Crippen LogP contribution in [0.4, 0.5) is 5.69 Å². The molecule has 2 rings (SSSR count). The van der Waals surface area contributed by atoms with Crippen molar-refractivity contribution >= 4 is 17.3 Å². The molecular formula is C10H13ClN2O. The Labute approximate surface area is 88.2 Å². The largest absolute Gasteiger partial charge is 0.398 e. The molecule has 1 aromatic carbocycles. The molecule has 1 heterocycles. The molecule has 1 atom stereocenters. The highest BCUT2D eigenvalue weighted by molar-refractivity contribution is 6.33. The van der Waals surface area contributed by atoms with Gasteiger partial charge < -0.3 is 15.8 Å². The van der Waals surface area contributed by atoms with E-state index in [0.29, 0.717) is 10.7 Å². The Morgan fingerprint density at radius 1 is 1.50 bits per heavy atom. The third kappa shape index (κ3) is 2.00. The molecule has 14 heavy (non-hydrogen) atoms. The number of rotatable bonds is 1. The van der Waals surface area contributed by atoms with Crippen LogP contribution in [-0.4, -0.2) is 19.7 Å². The number of morpholine rings is 1. The summed E-state index contributed by atoms with van der Waals surface area (Å²) in [6.07, 6.45) is 0.0989. The molecule has 1 aromatic rings. The topological polar surface area (TPSA) is 47.3 Å². The molecule has 0 amide bonds. The van der Waals surface area contributed by atoms with Crippen molar-refractivity contribution in [2.75, 3.05) is 25.4 Å². The Balaban J connectivity index is 2.18. The Bertz CT molecular complexity index is 324. The summed E-state index contributed by atoms with van der Waals surface area (Å²) in [5.74, 6) is 0. The van der Waals surface area contributed by atoms with Gasteiger partial charge in [-0.2, -0.15) is 0 Å². The molecule has 0 aliphatic carbocycles. The highest BCUT2D eigenvalue weighted by Gasteiger charge is 2.15. The third-order valence-electron chi connectivity index (χ3n) is 2.32. The van der Waals surface area contributed by atoms with E-state index in [2.05, 4.69) is 5.32 Å². The van der Waals surface area contributed by atoms with E-state index in [9.17, 15) is 0 Å². The zero-order chi connectivity index (χ0) is 9.97. The maximum atomic E-state index is 5.93. The lowest BCUT2D eigenvalue weighted by atomic mass is 10.1. The van der Waals surface area contributed by atoms with Gasteiger partial charge in [-0.25, -0.2) is 0 Å². The number of hydrogen-bond acceptors (Lipinski definition) is 3. The van der Waals surface area contributed by atoms with Crippen LogP contribution in [0.2, 0.25) is 5.02 Å². The maximum Gasteiger partial charge on any atom is 0.0950 e. The maximum absolute atomic E-state index is 5.93. The van der Waals surface area contributed by atoms with Gasteiger partial charge >= 0.3 is 0 Å². The van der Waals surface area contributed by atoms with Gasteiger partial charge in [-0.05, 0) is 17.7 Å². The Kier molecular flexibility index (Phi) is 2.91. The van der Waals surface area contributed by atoms with E-state index in [-0.39, 0.29) is 6.10 Å². The smallest absolute Gasteiger partial charge is 0.0950 e. The highest BCUT2D eigenvalue weighted by atomic mass is 35.5. The predicted molar refractivity (Wildman–Crippen MR) is 57.4 cm³/mol. The van der Waals surface area contributed by atoms with Crippen molar-refractivity contribution in [2.24, 2.45) is 0 Å². The number of anilines is 1. The first-order valence-corrected chi connectivity index (χ1v) is 5.02.